The van der Waals surface area contributed by atoms with Crippen molar-refractivity contribution in [3.05, 3.63) is 50.6 Å². The lowest BCUT2D eigenvalue weighted by Gasteiger charge is -2.44. The zero-order valence-corrected chi connectivity index (χ0v) is 17.3. The molecule has 0 radical (unpaired) electrons. The van der Waals surface area contributed by atoms with Crippen molar-refractivity contribution in [1.29, 1.82) is 0 Å². The highest BCUT2D eigenvalue weighted by Crippen LogP contribution is 2.39. The van der Waals surface area contributed by atoms with E-state index in [1.54, 1.807) is 0 Å². The van der Waals surface area contributed by atoms with Crippen LogP contribution in [0.25, 0.3) is 0 Å². The molecule has 166 valence electrons. The van der Waals surface area contributed by atoms with Crippen LogP contribution in [0.3, 0.4) is 0 Å². The summed E-state index contributed by atoms with van der Waals surface area (Å²) >= 11 is 0. The number of rotatable bonds is 14. The highest BCUT2D eigenvalue weighted by atomic mass is 16.8. The molecule has 9 nitrogen and oxygen atoms in total. The van der Waals surface area contributed by atoms with E-state index in [1.807, 2.05) is 6.92 Å². The van der Waals surface area contributed by atoms with E-state index < -0.39 is 48.0 Å². The number of ether oxygens (including phenoxy) is 4. The number of hydrogen-bond donors (Lipinski definition) is 1. The van der Waals surface area contributed by atoms with Gasteiger partial charge in [0, 0.05) is 31.2 Å². The highest BCUT2D eigenvalue weighted by molar-refractivity contribution is 5.85. The first-order valence-corrected chi connectivity index (χ1v) is 9.12. The third-order valence-corrected chi connectivity index (χ3v) is 3.88. The summed E-state index contributed by atoms with van der Waals surface area (Å²) in [5.41, 5.74) is 0. The quantitative estimate of drug-likeness (QED) is 0.254. The summed E-state index contributed by atoms with van der Waals surface area (Å²) in [5, 5.41) is 10.5. The minimum Gasteiger partial charge on any atom is -0.411 e. The molecule has 9 heteroatoms. The second-order valence-electron chi connectivity index (χ2n) is 6.20. The molecule has 0 aliphatic heterocycles. The van der Waals surface area contributed by atoms with Crippen LogP contribution >= 0.6 is 0 Å². The van der Waals surface area contributed by atoms with E-state index in [9.17, 15) is 24.3 Å². The molecule has 0 aromatic heterocycles. The van der Waals surface area contributed by atoms with Crippen molar-refractivity contribution >= 4 is 23.9 Å². The first-order chi connectivity index (χ1) is 14.0. The molecule has 30 heavy (non-hydrogen) atoms. The highest BCUT2D eigenvalue weighted by Gasteiger charge is 2.62. The Balaban J connectivity index is 6.67. The summed E-state index contributed by atoms with van der Waals surface area (Å²) < 4.78 is 20.7. The lowest BCUT2D eigenvalue weighted by atomic mass is 9.96. The van der Waals surface area contributed by atoms with Crippen LogP contribution in [-0.2, 0) is 38.1 Å². The van der Waals surface area contributed by atoms with Crippen molar-refractivity contribution in [2.45, 2.75) is 57.2 Å². The van der Waals surface area contributed by atoms with Gasteiger partial charge in [0.1, 0.15) is 0 Å². The third-order valence-electron chi connectivity index (χ3n) is 3.88. The SMILES string of the molecule is C=CC(=O)OC(C)(OC(=O)C=C)C(CC(O)CCCC)(OC(=O)C=C)OC(=O)C=C. The first kappa shape index (κ1) is 26.8. The maximum atomic E-state index is 12.1. The lowest BCUT2D eigenvalue weighted by molar-refractivity contribution is -0.359. The average Bonchev–Trinajstić information content (AvgIpc) is 2.71. The van der Waals surface area contributed by atoms with Gasteiger partial charge in [0.25, 0.3) is 0 Å². The second kappa shape index (κ2) is 12.4. The maximum absolute atomic E-state index is 12.1. The van der Waals surface area contributed by atoms with Gasteiger partial charge in [0.15, 0.2) is 0 Å². The number of aliphatic hydroxyl groups is 1. The monoisotopic (exact) mass is 424 g/mol. The van der Waals surface area contributed by atoms with Crippen LogP contribution in [0.2, 0.25) is 0 Å². The summed E-state index contributed by atoms with van der Waals surface area (Å²) in [6, 6.07) is 0. The van der Waals surface area contributed by atoms with Gasteiger partial charge in [-0.15, -0.1) is 0 Å². The summed E-state index contributed by atoms with van der Waals surface area (Å²) in [6.07, 6.45) is 2.73. The van der Waals surface area contributed by atoms with Crippen molar-refractivity contribution in [3.63, 3.8) is 0 Å². The molecular formula is C21H28O9. The molecule has 0 aromatic rings. The van der Waals surface area contributed by atoms with E-state index in [4.69, 9.17) is 18.9 Å². The fourth-order valence-electron chi connectivity index (χ4n) is 2.38. The Morgan fingerprint density at radius 1 is 0.833 bits per heavy atom. The molecule has 0 bridgehead atoms. The zero-order valence-electron chi connectivity index (χ0n) is 17.3. The molecule has 0 saturated heterocycles. The van der Waals surface area contributed by atoms with E-state index in [-0.39, 0.29) is 6.42 Å². The Bertz CT molecular complexity index is 649. The molecule has 0 fully saturated rings. The topological polar surface area (TPSA) is 125 Å². The first-order valence-electron chi connectivity index (χ1n) is 9.12. The average molecular weight is 424 g/mol. The molecule has 0 amide bonds. The summed E-state index contributed by atoms with van der Waals surface area (Å²) in [4.78, 5) is 48.1. The number of unbranched alkanes of at least 4 members (excludes halogenated alkanes) is 1. The number of carbonyl (C=O) groups is 4. The molecule has 0 saturated carbocycles. The number of carbonyl (C=O) groups excluding carboxylic acids is 4. The van der Waals surface area contributed by atoms with Crippen LogP contribution in [0.15, 0.2) is 50.6 Å². The van der Waals surface area contributed by atoms with Gasteiger partial charge in [-0.25, -0.2) is 19.2 Å². The van der Waals surface area contributed by atoms with E-state index in [1.165, 1.54) is 0 Å². The maximum Gasteiger partial charge on any atom is 0.336 e. The summed E-state index contributed by atoms with van der Waals surface area (Å²) in [7, 11) is 0. The largest absolute Gasteiger partial charge is 0.411 e. The van der Waals surface area contributed by atoms with Crippen LogP contribution in [0.4, 0.5) is 0 Å². The van der Waals surface area contributed by atoms with Gasteiger partial charge in [0.05, 0.1) is 12.5 Å². The summed E-state index contributed by atoms with van der Waals surface area (Å²) in [6.45, 7) is 15.9. The van der Waals surface area contributed by atoms with Crippen LogP contribution in [0, 0.1) is 0 Å². The van der Waals surface area contributed by atoms with E-state index in [0.717, 1.165) is 37.6 Å². The standard InChI is InChI=1S/C21H28O9/c1-7-12-13-15(22)14-21(29-18(25)10-4,30-19(26)11-5)20(6,27-16(23)8-2)28-17(24)9-3/h8-11,15,22H,2-5,7,12-14H2,1,6H3. The second-order valence-corrected chi connectivity index (χ2v) is 6.20. The van der Waals surface area contributed by atoms with Gasteiger partial charge >= 0.3 is 35.5 Å². The predicted molar refractivity (Wildman–Crippen MR) is 106 cm³/mol. The molecule has 0 heterocycles. The predicted octanol–water partition coefficient (Wildman–Crippen LogP) is 2.26. The Kier molecular flexibility index (Phi) is 11.1. The van der Waals surface area contributed by atoms with Gasteiger partial charge in [-0.05, 0) is 6.42 Å². The number of aliphatic hydroxyl groups excluding tert-OH is 1. The van der Waals surface area contributed by atoms with Crippen molar-refractivity contribution < 1.29 is 43.2 Å². The van der Waals surface area contributed by atoms with E-state index >= 15 is 0 Å². The third kappa shape index (κ3) is 7.67. The molecule has 1 atom stereocenters. The molecule has 0 spiro atoms. The molecule has 0 rings (SSSR count). The van der Waals surface area contributed by atoms with Crippen LogP contribution in [0.1, 0.15) is 39.5 Å². The molecule has 0 aliphatic carbocycles. The minimum absolute atomic E-state index is 0.219. The molecule has 1 N–H and O–H groups in total. The molecular weight excluding hydrogens is 396 g/mol. The molecule has 1 unspecified atom stereocenters. The lowest BCUT2D eigenvalue weighted by Crippen LogP contribution is -2.62. The van der Waals surface area contributed by atoms with Crippen molar-refractivity contribution in [2.24, 2.45) is 0 Å². The Morgan fingerprint density at radius 2 is 1.20 bits per heavy atom. The van der Waals surface area contributed by atoms with Crippen molar-refractivity contribution in [2.75, 3.05) is 0 Å². The van der Waals surface area contributed by atoms with Gasteiger partial charge in [-0.3, -0.25) is 0 Å². The normalized spacial score (nSPS) is 12.0. The number of hydrogen-bond acceptors (Lipinski definition) is 9. The van der Waals surface area contributed by atoms with Crippen molar-refractivity contribution in [3.8, 4) is 0 Å². The fraction of sp³-hybridized carbons (Fsp3) is 0.429. The fourth-order valence-corrected chi connectivity index (χ4v) is 2.38. The number of esters is 4. The van der Waals surface area contributed by atoms with Crippen LogP contribution in [0.5, 0.6) is 0 Å². The van der Waals surface area contributed by atoms with Crippen LogP contribution < -0.4 is 0 Å². The van der Waals surface area contributed by atoms with E-state index in [0.29, 0.717) is 6.42 Å². The van der Waals surface area contributed by atoms with Gasteiger partial charge in [-0.2, -0.15) is 0 Å². The van der Waals surface area contributed by atoms with Crippen LogP contribution in [-0.4, -0.2) is 46.7 Å². The van der Waals surface area contributed by atoms with Gasteiger partial charge in [0.2, 0.25) is 0 Å². The Labute approximate surface area is 175 Å². The Hall–Kier alpha value is -3.20. The van der Waals surface area contributed by atoms with Crippen molar-refractivity contribution in [1.82, 2.24) is 0 Å². The van der Waals surface area contributed by atoms with E-state index in [2.05, 4.69) is 26.3 Å². The van der Waals surface area contributed by atoms with Gasteiger partial charge in [-0.1, -0.05) is 46.1 Å². The molecule has 0 aromatic carbocycles. The Morgan fingerprint density at radius 3 is 1.53 bits per heavy atom. The molecule has 0 aliphatic rings. The smallest absolute Gasteiger partial charge is 0.336 e. The zero-order chi connectivity index (χ0) is 23.4. The minimum atomic E-state index is -2.59. The summed E-state index contributed by atoms with van der Waals surface area (Å²) in [5.74, 6) is -9.52. The van der Waals surface area contributed by atoms with Gasteiger partial charge < -0.3 is 24.1 Å².